The van der Waals surface area contributed by atoms with Crippen LogP contribution in [0.4, 0.5) is 4.39 Å². The van der Waals surface area contributed by atoms with Gasteiger partial charge in [0.05, 0.1) is 10.9 Å². The molecule has 1 heterocycles. The van der Waals surface area contributed by atoms with Crippen molar-refractivity contribution in [1.29, 1.82) is 0 Å². The van der Waals surface area contributed by atoms with Crippen LogP contribution in [0.15, 0.2) is 35.1 Å². The molecule has 21 heavy (non-hydrogen) atoms. The van der Waals surface area contributed by atoms with Crippen LogP contribution in [0.25, 0.3) is 22.3 Å². The summed E-state index contributed by atoms with van der Waals surface area (Å²) in [5.74, 6) is 0.0474. The van der Waals surface area contributed by atoms with E-state index in [0.29, 0.717) is 22.3 Å². The fraction of sp³-hybridized carbons (Fsp3) is 0.176. The van der Waals surface area contributed by atoms with Crippen LogP contribution in [-0.4, -0.2) is 9.97 Å². The number of hydrogen-bond acceptors (Lipinski definition) is 2. The summed E-state index contributed by atoms with van der Waals surface area (Å²) >= 11 is 0. The van der Waals surface area contributed by atoms with E-state index in [4.69, 9.17) is 0 Å². The van der Waals surface area contributed by atoms with E-state index < -0.39 is 0 Å². The molecule has 0 saturated heterocycles. The van der Waals surface area contributed by atoms with Crippen molar-refractivity contribution in [2.45, 2.75) is 20.8 Å². The Kier molecular flexibility index (Phi) is 3.09. The van der Waals surface area contributed by atoms with Crippen molar-refractivity contribution in [2.75, 3.05) is 0 Å². The van der Waals surface area contributed by atoms with Crippen LogP contribution in [0, 0.1) is 26.6 Å². The van der Waals surface area contributed by atoms with Crippen molar-refractivity contribution in [2.24, 2.45) is 0 Å². The first-order chi connectivity index (χ1) is 9.95. The highest BCUT2D eigenvalue weighted by Crippen LogP contribution is 2.22. The van der Waals surface area contributed by atoms with Crippen molar-refractivity contribution in [1.82, 2.24) is 9.97 Å². The summed E-state index contributed by atoms with van der Waals surface area (Å²) < 4.78 is 13.4. The molecule has 0 fully saturated rings. The van der Waals surface area contributed by atoms with Crippen LogP contribution in [0.2, 0.25) is 0 Å². The fourth-order valence-electron chi connectivity index (χ4n) is 2.38. The van der Waals surface area contributed by atoms with Gasteiger partial charge in [-0.3, -0.25) is 4.79 Å². The van der Waals surface area contributed by atoms with Gasteiger partial charge in [-0.25, -0.2) is 9.37 Å². The topological polar surface area (TPSA) is 45.8 Å². The third kappa shape index (κ3) is 2.33. The molecule has 0 aliphatic heterocycles. The summed E-state index contributed by atoms with van der Waals surface area (Å²) in [5.41, 5.74) is 4.00. The molecule has 0 radical (unpaired) electrons. The number of hydrogen-bond donors (Lipinski definition) is 1. The maximum absolute atomic E-state index is 13.4. The van der Waals surface area contributed by atoms with Gasteiger partial charge in [-0.05, 0) is 61.7 Å². The van der Waals surface area contributed by atoms with Crippen LogP contribution < -0.4 is 5.56 Å². The molecule has 0 saturated carbocycles. The first-order valence-corrected chi connectivity index (χ1v) is 6.73. The number of fused-ring (bicyclic) bond motifs is 1. The first-order valence-electron chi connectivity index (χ1n) is 6.73. The number of benzene rings is 2. The Morgan fingerprint density at radius 2 is 1.71 bits per heavy atom. The SMILES string of the molecule is Cc1cc2nc(-c3cc(F)ccc3C)[nH]c(=O)c2cc1C. The van der Waals surface area contributed by atoms with Crippen molar-refractivity contribution in [3.63, 3.8) is 0 Å². The zero-order valence-electron chi connectivity index (χ0n) is 12.1. The molecule has 0 amide bonds. The molecular formula is C17H15FN2O. The summed E-state index contributed by atoms with van der Waals surface area (Å²) in [4.78, 5) is 19.5. The van der Waals surface area contributed by atoms with Gasteiger partial charge in [0.25, 0.3) is 5.56 Å². The molecule has 3 nitrogen and oxygen atoms in total. The smallest absolute Gasteiger partial charge is 0.259 e. The number of H-pyrrole nitrogens is 1. The van der Waals surface area contributed by atoms with E-state index in [1.54, 1.807) is 6.07 Å². The Morgan fingerprint density at radius 1 is 1.00 bits per heavy atom. The van der Waals surface area contributed by atoms with E-state index in [1.165, 1.54) is 12.1 Å². The van der Waals surface area contributed by atoms with Gasteiger partial charge < -0.3 is 4.98 Å². The number of halogens is 1. The van der Waals surface area contributed by atoms with Gasteiger partial charge in [0, 0.05) is 5.56 Å². The molecule has 0 unspecified atom stereocenters. The lowest BCUT2D eigenvalue weighted by Gasteiger charge is -2.08. The van der Waals surface area contributed by atoms with E-state index in [9.17, 15) is 9.18 Å². The van der Waals surface area contributed by atoms with E-state index in [2.05, 4.69) is 9.97 Å². The van der Waals surface area contributed by atoms with Gasteiger partial charge in [0.15, 0.2) is 0 Å². The molecule has 0 aliphatic rings. The third-order valence-electron chi connectivity index (χ3n) is 3.78. The second-order valence-electron chi connectivity index (χ2n) is 5.33. The van der Waals surface area contributed by atoms with Gasteiger partial charge in [-0.2, -0.15) is 0 Å². The fourth-order valence-corrected chi connectivity index (χ4v) is 2.38. The van der Waals surface area contributed by atoms with Crippen molar-refractivity contribution in [3.05, 3.63) is 63.2 Å². The summed E-state index contributed by atoms with van der Waals surface area (Å²) in [6.45, 7) is 5.79. The van der Waals surface area contributed by atoms with Gasteiger partial charge in [-0.15, -0.1) is 0 Å². The summed E-state index contributed by atoms with van der Waals surface area (Å²) in [6.07, 6.45) is 0. The highest BCUT2D eigenvalue weighted by molar-refractivity contribution is 5.81. The Hall–Kier alpha value is -2.49. The van der Waals surface area contributed by atoms with Gasteiger partial charge >= 0.3 is 0 Å². The van der Waals surface area contributed by atoms with Crippen molar-refractivity contribution >= 4 is 10.9 Å². The maximum Gasteiger partial charge on any atom is 0.259 e. The molecule has 4 heteroatoms. The largest absolute Gasteiger partial charge is 0.306 e. The molecule has 0 bridgehead atoms. The molecule has 0 atom stereocenters. The van der Waals surface area contributed by atoms with Crippen LogP contribution in [-0.2, 0) is 0 Å². The van der Waals surface area contributed by atoms with Crippen LogP contribution in [0.3, 0.4) is 0 Å². The summed E-state index contributed by atoms with van der Waals surface area (Å²) in [6, 6.07) is 8.18. The average Bonchev–Trinajstić information content (AvgIpc) is 2.43. The van der Waals surface area contributed by atoms with Gasteiger partial charge in [0.2, 0.25) is 0 Å². The van der Waals surface area contributed by atoms with Gasteiger partial charge in [-0.1, -0.05) is 6.07 Å². The van der Waals surface area contributed by atoms with E-state index in [0.717, 1.165) is 16.7 Å². The average molecular weight is 282 g/mol. The van der Waals surface area contributed by atoms with Crippen molar-refractivity contribution in [3.8, 4) is 11.4 Å². The van der Waals surface area contributed by atoms with E-state index >= 15 is 0 Å². The molecule has 0 aliphatic carbocycles. The molecule has 1 N–H and O–H groups in total. The Bertz CT molecular complexity index is 913. The normalized spacial score (nSPS) is 11.0. The maximum atomic E-state index is 13.4. The highest BCUT2D eigenvalue weighted by Gasteiger charge is 2.10. The molecule has 3 rings (SSSR count). The number of aromatic nitrogens is 2. The number of nitrogens with zero attached hydrogens (tertiary/aromatic N) is 1. The Balaban J connectivity index is 2.32. The number of nitrogens with one attached hydrogen (secondary N) is 1. The second kappa shape index (κ2) is 4.81. The summed E-state index contributed by atoms with van der Waals surface area (Å²) in [7, 11) is 0. The lowest BCUT2D eigenvalue weighted by Crippen LogP contribution is -2.10. The molecule has 106 valence electrons. The van der Waals surface area contributed by atoms with Crippen LogP contribution >= 0.6 is 0 Å². The first kappa shape index (κ1) is 13.5. The zero-order valence-corrected chi connectivity index (χ0v) is 12.1. The van der Waals surface area contributed by atoms with E-state index in [-0.39, 0.29) is 11.4 Å². The third-order valence-corrected chi connectivity index (χ3v) is 3.78. The monoisotopic (exact) mass is 282 g/mol. The van der Waals surface area contributed by atoms with Crippen LogP contribution in [0.5, 0.6) is 0 Å². The molecular weight excluding hydrogens is 267 g/mol. The predicted octanol–water partition coefficient (Wildman–Crippen LogP) is 3.65. The van der Waals surface area contributed by atoms with Crippen LogP contribution in [0.1, 0.15) is 16.7 Å². The standard InChI is InChI=1S/C17H15FN2O/c1-9-4-5-12(18)8-13(9)16-19-15-7-11(3)10(2)6-14(15)17(21)20-16/h4-8H,1-3H3,(H,19,20,21). The second-order valence-corrected chi connectivity index (χ2v) is 5.33. The number of rotatable bonds is 1. The zero-order chi connectivity index (χ0) is 15.1. The minimum Gasteiger partial charge on any atom is -0.306 e. The Labute approximate surface area is 121 Å². The quantitative estimate of drug-likeness (QED) is 0.740. The molecule has 2 aromatic carbocycles. The lowest BCUT2D eigenvalue weighted by molar-refractivity contribution is 0.627. The minimum atomic E-state index is -0.349. The van der Waals surface area contributed by atoms with Crippen molar-refractivity contribution < 1.29 is 4.39 Å². The lowest BCUT2D eigenvalue weighted by atomic mass is 10.1. The predicted molar refractivity (Wildman–Crippen MR) is 82.0 cm³/mol. The highest BCUT2D eigenvalue weighted by atomic mass is 19.1. The minimum absolute atomic E-state index is 0.207. The number of aryl methyl sites for hydroxylation is 3. The summed E-state index contributed by atoms with van der Waals surface area (Å²) in [5, 5.41) is 0.552. The number of aromatic amines is 1. The van der Waals surface area contributed by atoms with Gasteiger partial charge in [0.1, 0.15) is 11.6 Å². The molecule has 0 spiro atoms. The Morgan fingerprint density at radius 3 is 2.48 bits per heavy atom. The van der Waals surface area contributed by atoms with E-state index in [1.807, 2.05) is 32.9 Å². The molecule has 1 aromatic heterocycles. The molecule has 3 aromatic rings.